The molecule has 1 aromatic heterocycles. The predicted molar refractivity (Wildman–Crippen MR) is 84.7 cm³/mol. The van der Waals surface area contributed by atoms with Crippen LogP contribution >= 0.6 is 39.1 Å². The number of anilines is 1. The van der Waals surface area contributed by atoms with Gasteiger partial charge in [0.2, 0.25) is 11.6 Å². The van der Waals surface area contributed by atoms with Crippen molar-refractivity contribution in [3.8, 4) is 11.6 Å². The molecule has 110 valence electrons. The summed E-state index contributed by atoms with van der Waals surface area (Å²) in [5, 5.41) is 14.3. The molecule has 2 aromatic rings. The van der Waals surface area contributed by atoms with Crippen molar-refractivity contribution >= 4 is 50.6 Å². The molecule has 1 heterocycles. The number of benzene rings is 1. The molecule has 0 radical (unpaired) electrons. The van der Waals surface area contributed by atoms with Crippen LogP contribution < -0.4 is 10.1 Å². The molecule has 0 bridgehead atoms. The normalized spacial score (nSPS) is 10.3. The minimum Gasteiger partial charge on any atom is -0.430 e. The van der Waals surface area contributed by atoms with Gasteiger partial charge in [-0.3, -0.25) is 10.1 Å². The van der Waals surface area contributed by atoms with Crippen molar-refractivity contribution in [2.45, 2.75) is 0 Å². The predicted octanol–water partition coefficient (Wildman–Crippen LogP) is 4.89. The average molecular weight is 393 g/mol. The van der Waals surface area contributed by atoms with Gasteiger partial charge in [-0.25, -0.2) is 0 Å². The SMILES string of the molecule is CNc1nc(Oc2ccc(Br)cc2[N+](=O)[O-])c(Cl)cc1Cl. The first kappa shape index (κ1) is 15.8. The van der Waals surface area contributed by atoms with Crippen LogP contribution in [0.25, 0.3) is 0 Å². The number of ether oxygens (including phenoxy) is 1. The fourth-order valence-electron chi connectivity index (χ4n) is 1.52. The van der Waals surface area contributed by atoms with E-state index in [1.165, 1.54) is 18.2 Å². The Kier molecular flexibility index (Phi) is 4.87. The second kappa shape index (κ2) is 6.46. The van der Waals surface area contributed by atoms with Crippen molar-refractivity contribution in [1.29, 1.82) is 0 Å². The Morgan fingerprint density at radius 2 is 2.05 bits per heavy atom. The number of nitrogens with zero attached hydrogens (tertiary/aromatic N) is 2. The van der Waals surface area contributed by atoms with E-state index in [1.807, 2.05) is 0 Å². The fourth-order valence-corrected chi connectivity index (χ4v) is 2.36. The summed E-state index contributed by atoms with van der Waals surface area (Å²) in [6.45, 7) is 0. The quantitative estimate of drug-likeness (QED) is 0.591. The second-order valence-electron chi connectivity index (χ2n) is 3.83. The lowest BCUT2D eigenvalue weighted by molar-refractivity contribution is -0.385. The number of rotatable bonds is 4. The van der Waals surface area contributed by atoms with Crippen molar-refractivity contribution in [1.82, 2.24) is 4.98 Å². The van der Waals surface area contributed by atoms with Crippen LogP contribution in [0.4, 0.5) is 11.5 Å². The van der Waals surface area contributed by atoms with Crippen molar-refractivity contribution < 1.29 is 9.66 Å². The second-order valence-corrected chi connectivity index (χ2v) is 5.56. The molecule has 0 saturated carbocycles. The first-order valence-corrected chi connectivity index (χ1v) is 7.13. The minimum atomic E-state index is -0.553. The summed E-state index contributed by atoms with van der Waals surface area (Å²) < 4.78 is 6.01. The Labute approximate surface area is 138 Å². The number of aromatic nitrogens is 1. The van der Waals surface area contributed by atoms with Gasteiger partial charge in [0.1, 0.15) is 10.8 Å². The van der Waals surface area contributed by atoms with Crippen molar-refractivity contribution in [2.75, 3.05) is 12.4 Å². The van der Waals surface area contributed by atoms with Crippen LogP contribution in [0.2, 0.25) is 10.0 Å². The fraction of sp³-hybridized carbons (Fsp3) is 0.0833. The first-order valence-electron chi connectivity index (χ1n) is 5.58. The van der Waals surface area contributed by atoms with Gasteiger partial charge in [0.25, 0.3) is 0 Å². The zero-order chi connectivity index (χ0) is 15.6. The molecule has 0 spiro atoms. The van der Waals surface area contributed by atoms with Gasteiger partial charge in [-0.1, -0.05) is 39.1 Å². The number of nitrogens with one attached hydrogen (secondary N) is 1. The topological polar surface area (TPSA) is 77.3 Å². The molecule has 0 aliphatic carbocycles. The molecular weight excluding hydrogens is 385 g/mol. The molecule has 1 N–H and O–H groups in total. The molecule has 0 aliphatic rings. The van der Waals surface area contributed by atoms with Crippen LogP contribution in [0, 0.1) is 10.1 Å². The lowest BCUT2D eigenvalue weighted by Crippen LogP contribution is -1.98. The van der Waals surface area contributed by atoms with E-state index in [-0.39, 0.29) is 22.3 Å². The highest BCUT2D eigenvalue weighted by molar-refractivity contribution is 9.10. The molecule has 0 aliphatic heterocycles. The molecule has 21 heavy (non-hydrogen) atoms. The Hall–Kier alpha value is -1.57. The maximum atomic E-state index is 11.0. The van der Waals surface area contributed by atoms with Crippen LogP contribution in [0.3, 0.4) is 0 Å². The maximum Gasteiger partial charge on any atom is 0.312 e. The van der Waals surface area contributed by atoms with Gasteiger partial charge < -0.3 is 10.1 Å². The van der Waals surface area contributed by atoms with E-state index in [0.29, 0.717) is 15.3 Å². The van der Waals surface area contributed by atoms with E-state index in [9.17, 15) is 10.1 Å². The summed E-state index contributed by atoms with van der Waals surface area (Å²) in [6.07, 6.45) is 0. The monoisotopic (exact) mass is 391 g/mol. The number of nitro groups is 1. The highest BCUT2D eigenvalue weighted by Gasteiger charge is 2.19. The average Bonchev–Trinajstić information content (AvgIpc) is 2.43. The van der Waals surface area contributed by atoms with Crippen LogP contribution in [-0.2, 0) is 0 Å². The van der Waals surface area contributed by atoms with Gasteiger partial charge in [0.05, 0.1) is 9.95 Å². The Bertz CT molecular complexity index is 712. The highest BCUT2D eigenvalue weighted by atomic mass is 79.9. The Morgan fingerprint density at radius 3 is 2.67 bits per heavy atom. The van der Waals surface area contributed by atoms with Gasteiger partial charge in [0, 0.05) is 17.6 Å². The zero-order valence-electron chi connectivity index (χ0n) is 10.6. The van der Waals surface area contributed by atoms with Crippen LogP contribution in [0.5, 0.6) is 11.6 Å². The van der Waals surface area contributed by atoms with Gasteiger partial charge in [-0.05, 0) is 18.2 Å². The lowest BCUT2D eigenvalue weighted by Gasteiger charge is -2.10. The summed E-state index contributed by atoms with van der Waals surface area (Å²) >= 11 is 15.1. The van der Waals surface area contributed by atoms with Gasteiger partial charge in [-0.2, -0.15) is 4.98 Å². The van der Waals surface area contributed by atoms with Crippen LogP contribution in [-0.4, -0.2) is 17.0 Å². The van der Waals surface area contributed by atoms with E-state index in [2.05, 4.69) is 26.2 Å². The third-order valence-electron chi connectivity index (χ3n) is 2.46. The molecule has 2 rings (SSSR count). The summed E-state index contributed by atoms with van der Waals surface area (Å²) in [5.74, 6) is 0.411. The molecule has 0 fully saturated rings. The number of hydrogen-bond acceptors (Lipinski definition) is 5. The van der Waals surface area contributed by atoms with E-state index < -0.39 is 4.92 Å². The van der Waals surface area contributed by atoms with E-state index >= 15 is 0 Å². The van der Waals surface area contributed by atoms with E-state index in [1.54, 1.807) is 13.1 Å². The molecule has 0 unspecified atom stereocenters. The first-order chi connectivity index (χ1) is 9.92. The van der Waals surface area contributed by atoms with Crippen molar-refractivity contribution in [2.24, 2.45) is 0 Å². The summed E-state index contributed by atoms with van der Waals surface area (Å²) in [5.41, 5.74) is -0.205. The molecule has 0 saturated heterocycles. The summed E-state index contributed by atoms with van der Waals surface area (Å²) in [4.78, 5) is 14.6. The third kappa shape index (κ3) is 3.55. The Balaban J connectivity index is 2.45. The van der Waals surface area contributed by atoms with Crippen LogP contribution in [0.15, 0.2) is 28.7 Å². The largest absolute Gasteiger partial charge is 0.430 e. The van der Waals surface area contributed by atoms with Gasteiger partial charge in [-0.15, -0.1) is 0 Å². The number of hydrogen-bond donors (Lipinski definition) is 1. The molecular formula is C12H8BrCl2N3O3. The summed E-state index contributed by atoms with van der Waals surface area (Å²) in [7, 11) is 1.63. The highest BCUT2D eigenvalue weighted by Crippen LogP contribution is 2.37. The molecule has 0 atom stereocenters. The van der Waals surface area contributed by atoms with Gasteiger partial charge in [0.15, 0.2) is 0 Å². The maximum absolute atomic E-state index is 11.0. The zero-order valence-corrected chi connectivity index (χ0v) is 13.7. The van der Waals surface area contributed by atoms with Gasteiger partial charge >= 0.3 is 5.69 Å². The van der Waals surface area contributed by atoms with E-state index in [4.69, 9.17) is 27.9 Å². The molecule has 9 heteroatoms. The number of nitro benzene ring substituents is 1. The lowest BCUT2D eigenvalue weighted by atomic mass is 10.3. The van der Waals surface area contributed by atoms with Crippen molar-refractivity contribution in [3.05, 3.63) is 48.9 Å². The minimum absolute atomic E-state index is 0.0239. The summed E-state index contributed by atoms with van der Waals surface area (Å²) in [6, 6.07) is 5.85. The standard InChI is InChI=1S/C12H8BrCl2N3O3/c1-16-11-7(14)5-8(15)12(17-11)21-10-3-2-6(13)4-9(10)18(19)20/h2-5H,1H3,(H,16,17). The molecule has 1 aromatic carbocycles. The van der Waals surface area contributed by atoms with E-state index in [0.717, 1.165) is 0 Å². The number of pyridine rings is 1. The molecule has 6 nitrogen and oxygen atoms in total. The van der Waals surface area contributed by atoms with Crippen molar-refractivity contribution in [3.63, 3.8) is 0 Å². The van der Waals surface area contributed by atoms with Crippen LogP contribution in [0.1, 0.15) is 0 Å². The Morgan fingerprint density at radius 1 is 1.33 bits per heavy atom. The number of halogens is 3. The third-order valence-corrected chi connectivity index (χ3v) is 3.51. The smallest absolute Gasteiger partial charge is 0.312 e. The molecule has 0 amide bonds.